The van der Waals surface area contributed by atoms with E-state index in [-0.39, 0.29) is 17.5 Å². The minimum Gasteiger partial charge on any atom is -0.338 e. The number of benzene rings is 2. The number of amides is 2. The summed E-state index contributed by atoms with van der Waals surface area (Å²) in [7, 11) is -3.65. The van der Waals surface area contributed by atoms with E-state index < -0.39 is 10.0 Å². The molecule has 26 heavy (non-hydrogen) atoms. The first kappa shape index (κ1) is 20.2. The van der Waals surface area contributed by atoms with Gasteiger partial charge in [0.1, 0.15) is 0 Å². The first-order chi connectivity index (χ1) is 12.3. The van der Waals surface area contributed by atoms with Gasteiger partial charge in [0.15, 0.2) is 0 Å². The van der Waals surface area contributed by atoms with Crippen molar-refractivity contribution in [1.82, 2.24) is 10.0 Å². The number of carbonyl (C=O) groups is 1. The number of halogens is 1. The molecule has 140 valence electrons. The summed E-state index contributed by atoms with van der Waals surface area (Å²) < 4.78 is 27.2. The Morgan fingerprint density at radius 2 is 1.65 bits per heavy atom. The third-order valence-corrected chi connectivity index (χ3v) is 5.14. The quantitative estimate of drug-likeness (QED) is 0.669. The molecular formula is C18H22ClN3O3S. The Morgan fingerprint density at radius 1 is 1.04 bits per heavy atom. The van der Waals surface area contributed by atoms with E-state index in [4.69, 9.17) is 11.6 Å². The predicted molar refractivity (Wildman–Crippen MR) is 104 cm³/mol. The summed E-state index contributed by atoms with van der Waals surface area (Å²) in [5, 5.41) is 5.98. The molecule has 2 rings (SSSR count). The Hall–Kier alpha value is -2.09. The van der Waals surface area contributed by atoms with Gasteiger partial charge in [-0.15, -0.1) is 0 Å². The van der Waals surface area contributed by atoms with Crippen molar-refractivity contribution in [3.8, 4) is 0 Å². The lowest BCUT2D eigenvalue weighted by Gasteiger charge is -2.10. The third kappa shape index (κ3) is 6.33. The van der Waals surface area contributed by atoms with Crippen molar-refractivity contribution in [2.45, 2.75) is 25.3 Å². The number of hydrogen-bond acceptors (Lipinski definition) is 3. The highest BCUT2D eigenvalue weighted by atomic mass is 35.5. The molecule has 0 fully saturated rings. The van der Waals surface area contributed by atoms with Crippen LogP contribution in [0.2, 0.25) is 5.02 Å². The van der Waals surface area contributed by atoms with Crippen molar-refractivity contribution in [3.63, 3.8) is 0 Å². The van der Waals surface area contributed by atoms with Crippen LogP contribution in [0, 0.1) is 5.92 Å². The summed E-state index contributed by atoms with van der Waals surface area (Å²) >= 11 is 5.81. The van der Waals surface area contributed by atoms with Crippen molar-refractivity contribution in [1.29, 1.82) is 0 Å². The standard InChI is InChI=1S/C18H22ClN3O3S/c1-13(2)11-20-18(23)22-16-7-9-17(10-8-16)26(24,25)21-12-14-3-5-15(19)6-4-14/h3-10,13,21H,11-12H2,1-2H3,(H2,20,22,23). The van der Waals surface area contributed by atoms with Gasteiger partial charge in [0.2, 0.25) is 10.0 Å². The molecule has 0 heterocycles. The fourth-order valence-corrected chi connectivity index (χ4v) is 3.20. The molecule has 0 bridgehead atoms. The summed E-state index contributed by atoms with van der Waals surface area (Å²) in [6, 6.07) is 12.6. The second-order valence-corrected chi connectivity index (χ2v) is 8.41. The molecule has 0 unspecified atom stereocenters. The third-order valence-electron chi connectivity index (χ3n) is 3.47. The summed E-state index contributed by atoms with van der Waals surface area (Å²) in [5.74, 6) is 0.347. The van der Waals surface area contributed by atoms with Gasteiger partial charge in [0, 0.05) is 23.8 Å². The second kappa shape index (κ2) is 9.02. The van der Waals surface area contributed by atoms with Crippen molar-refractivity contribution >= 4 is 33.3 Å². The van der Waals surface area contributed by atoms with E-state index in [2.05, 4.69) is 15.4 Å². The highest BCUT2D eigenvalue weighted by Crippen LogP contribution is 2.15. The maximum Gasteiger partial charge on any atom is 0.319 e. The minimum absolute atomic E-state index is 0.125. The number of rotatable bonds is 7. The van der Waals surface area contributed by atoms with E-state index in [1.54, 1.807) is 36.4 Å². The van der Waals surface area contributed by atoms with Crippen molar-refractivity contribution < 1.29 is 13.2 Å². The lowest BCUT2D eigenvalue weighted by Crippen LogP contribution is -2.31. The van der Waals surface area contributed by atoms with Gasteiger partial charge in [-0.2, -0.15) is 0 Å². The fourth-order valence-electron chi connectivity index (χ4n) is 2.05. The van der Waals surface area contributed by atoms with Crippen LogP contribution >= 0.6 is 11.6 Å². The van der Waals surface area contributed by atoms with Gasteiger partial charge < -0.3 is 10.6 Å². The van der Waals surface area contributed by atoms with Gasteiger partial charge in [-0.25, -0.2) is 17.9 Å². The van der Waals surface area contributed by atoms with Gasteiger partial charge in [0.05, 0.1) is 4.90 Å². The molecule has 8 heteroatoms. The van der Waals surface area contributed by atoms with Gasteiger partial charge in [0.25, 0.3) is 0 Å². The zero-order valence-corrected chi connectivity index (χ0v) is 16.2. The Bertz CT molecular complexity index is 835. The van der Waals surface area contributed by atoms with Crippen molar-refractivity contribution in [2.24, 2.45) is 5.92 Å². The van der Waals surface area contributed by atoms with E-state index in [1.165, 1.54) is 12.1 Å². The molecule has 0 radical (unpaired) electrons. The second-order valence-electron chi connectivity index (χ2n) is 6.20. The summed E-state index contributed by atoms with van der Waals surface area (Å²) in [6.45, 7) is 4.72. The molecule has 0 aliphatic carbocycles. The molecule has 0 aromatic heterocycles. The summed E-state index contributed by atoms with van der Waals surface area (Å²) in [4.78, 5) is 11.8. The highest BCUT2D eigenvalue weighted by Gasteiger charge is 2.14. The molecule has 0 saturated heterocycles. The van der Waals surface area contributed by atoms with Crippen LogP contribution in [0.1, 0.15) is 19.4 Å². The lowest BCUT2D eigenvalue weighted by molar-refractivity contribution is 0.251. The normalized spacial score (nSPS) is 11.4. The minimum atomic E-state index is -3.65. The summed E-state index contributed by atoms with van der Waals surface area (Å²) in [5.41, 5.74) is 1.32. The fraction of sp³-hybridized carbons (Fsp3) is 0.278. The zero-order valence-electron chi connectivity index (χ0n) is 14.6. The topological polar surface area (TPSA) is 87.3 Å². The number of hydrogen-bond donors (Lipinski definition) is 3. The Kier molecular flexibility index (Phi) is 7.02. The van der Waals surface area contributed by atoms with Gasteiger partial charge in [-0.3, -0.25) is 0 Å². The van der Waals surface area contributed by atoms with Gasteiger partial charge in [-0.1, -0.05) is 37.6 Å². The molecule has 0 atom stereocenters. The van der Waals surface area contributed by atoms with Crippen LogP contribution in [0.4, 0.5) is 10.5 Å². The molecular weight excluding hydrogens is 374 g/mol. The van der Waals surface area contributed by atoms with Crippen molar-refractivity contribution in [2.75, 3.05) is 11.9 Å². The molecule has 2 aromatic rings. The van der Waals surface area contributed by atoms with Gasteiger partial charge in [-0.05, 0) is 47.9 Å². The van der Waals surface area contributed by atoms with Crippen LogP contribution in [-0.4, -0.2) is 21.0 Å². The largest absolute Gasteiger partial charge is 0.338 e. The van der Waals surface area contributed by atoms with E-state index in [9.17, 15) is 13.2 Å². The van der Waals surface area contributed by atoms with Crippen molar-refractivity contribution in [3.05, 3.63) is 59.1 Å². The monoisotopic (exact) mass is 395 g/mol. The van der Waals surface area contributed by atoms with Gasteiger partial charge >= 0.3 is 6.03 Å². The molecule has 0 spiro atoms. The average molecular weight is 396 g/mol. The van der Waals surface area contributed by atoms with E-state index >= 15 is 0 Å². The Morgan fingerprint density at radius 3 is 2.23 bits per heavy atom. The molecule has 0 aliphatic rings. The van der Waals surface area contributed by atoms with Crippen LogP contribution in [0.25, 0.3) is 0 Å². The van der Waals surface area contributed by atoms with E-state index in [0.717, 1.165) is 5.56 Å². The molecule has 0 aliphatic heterocycles. The van der Waals surface area contributed by atoms with Crippen LogP contribution in [0.15, 0.2) is 53.4 Å². The highest BCUT2D eigenvalue weighted by molar-refractivity contribution is 7.89. The van der Waals surface area contributed by atoms with Crippen LogP contribution in [0.3, 0.4) is 0 Å². The predicted octanol–water partition coefficient (Wildman–Crippen LogP) is 3.60. The number of urea groups is 1. The molecule has 2 amide bonds. The smallest absolute Gasteiger partial charge is 0.319 e. The first-order valence-corrected chi connectivity index (χ1v) is 10.0. The zero-order chi connectivity index (χ0) is 19.2. The lowest BCUT2D eigenvalue weighted by atomic mass is 10.2. The SMILES string of the molecule is CC(C)CNC(=O)Nc1ccc(S(=O)(=O)NCc2ccc(Cl)cc2)cc1. The van der Waals surface area contributed by atoms with Crippen LogP contribution in [0.5, 0.6) is 0 Å². The number of nitrogens with one attached hydrogen (secondary N) is 3. The van der Waals surface area contributed by atoms with E-state index in [1.807, 2.05) is 13.8 Å². The molecule has 3 N–H and O–H groups in total. The van der Waals surface area contributed by atoms with Crippen LogP contribution in [-0.2, 0) is 16.6 Å². The number of sulfonamides is 1. The maximum absolute atomic E-state index is 12.3. The number of carbonyl (C=O) groups excluding carboxylic acids is 1. The Labute approximate surface area is 159 Å². The van der Waals surface area contributed by atoms with Crippen LogP contribution < -0.4 is 15.4 Å². The number of anilines is 1. The maximum atomic E-state index is 12.3. The average Bonchev–Trinajstić information content (AvgIpc) is 2.60. The molecule has 2 aromatic carbocycles. The molecule has 0 saturated carbocycles. The first-order valence-electron chi connectivity index (χ1n) is 8.15. The van der Waals surface area contributed by atoms with E-state index in [0.29, 0.717) is 23.2 Å². The Balaban J connectivity index is 1.95. The summed E-state index contributed by atoms with van der Waals surface area (Å²) in [6.07, 6.45) is 0. The molecule has 6 nitrogen and oxygen atoms in total.